The maximum absolute atomic E-state index is 12.7. The van der Waals surface area contributed by atoms with Crippen molar-refractivity contribution < 1.29 is 24.6 Å². The summed E-state index contributed by atoms with van der Waals surface area (Å²) in [5.41, 5.74) is 5.60. The van der Waals surface area contributed by atoms with Crippen LogP contribution in [0.4, 0.5) is 0 Å². The van der Waals surface area contributed by atoms with Crippen molar-refractivity contribution in [2.24, 2.45) is 11.7 Å². The first kappa shape index (κ1) is 24.0. The van der Waals surface area contributed by atoms with Gasteiger partial charge in [-0.2, -0.15) is 0 Å². The lowest BCUT2D eigenvalue weighted by Crippen LogP contribution is -2.56. The van der Waals surface area contributed by atoms with Crippen molar-refractivity contribution >= 4 is 29.1 Å². The zero-order valence-electron chi connectivity index (χ0n) is 17.3. The van der Waals surface area contributed by atoms with Crippen LogP contribution in [-0.4, -0.2) is 65.3 Å². The Morgan fingerprint density at radius 1 is 1.30 bits per heavy atom. The van der Waals surface area contributed by atoms with Gasteiger partial charge in [-0.15, -0.1) is 11.3 Å². The van der Waals surface area contributed by atoms with Crippen molar-refractivity contribution in [2.45, 2.75) is 57.0 Å². The number of nitrogens with two attached hydrogens (primary N) is 1. The van der Waals surface area contributed by atoms with Crippen LogP contribution in [0.1, 0.15) is 25.1 Å². The van der Waals surface area contributed by atoms with E-state index in [1.54, 1.807) is 7.05 Å². The predicted molar refractivity (Wildman–Crippen MR) is 113 cm³/mol. The third kappa shape index (κ3) is 6.11. The second-order valence-electron chi connectivity index (χ2n) is 7.71. The molecule has 0 fully saturated rings. The Morgan fingerprint density at radius 2 is 2.00 bits per heavy atom. The summed E-state index contributed by atoms with van der Waals surface area (Å²) < 4.78 is 0. The molecule has 1 heterocycles. The van der Waals surface area contributed by atoms with Crippen LogP contribution in [0.5, 0.6) is 0 Å². The number of amides is 3. The number of aliphatic hydroxyl groups is 2. The van der Waals surface area contributed by atoms with Crippen molar-refractivity contribution in [1.82, 2.24) is 16.0 Å². The molecule has 3 amide bonds. The second kappa shape index (κ2) is 10.7. The number of hydrogen-bond acceptors (Lipinski definition) is 7. The molecule has 1 aromatic rings. The minimum absolute atomic E-state index is 0.000909. The van der Waals surface area contributed by atoms with Crippen LogP contribution in [0.3, 0.4) is 0 Å². The van der Waals surface area contributed by atoms with Crippen LogP contribution >= 0.6 is 11.3 Å². The summed E-state index contributed by atoms with van der Waals surface area (Å²) in [5, 5.41) is 30.5. The highest BCUT2D eigenvalue weighted by atomic mass is 32.1. The SMILES string of the molecule is CN[C@H](C(=O)N[C@H]1C=C(C(=O)N[C@@H](Cc2cccs2)C(N)=O)C[C@@H](O)[C@@H]1O)C(C)C. The van der Waals surface area contributed by atoms with Crippen molar-refractivity contribution in [3.05, 3.63) is 34.0 Å². The summed E-state index contributed by atoms with van der Waals surface area (Å²) in [7, 11) is 1.66. The quantitative estimate of drug-likeness (QED) is 0.292. The molecule has 1 aromatic heterocycles. The van der Waals surface area contributed by atoms with E-state index >= 15 is 0 Å². The lowest BCUT2D eigenvalue weighted by atomic mass is 9.89. The van der Waals surface area contributed by atoms with Gasteiger partial charge in [0.1, 0.15) is 12.1 Å². The molecule has 1 aliphatic rings. The van der Waals surface area contributed by atoms with Gasteiger partial charge in [0.25, 0.3) is 0 Å². The second-order valence-corrected chi connectivity index (χ2v) is 8.74. The van der Waals surface area contributed by atoms with Gasteiger partial charge in [-0.05, 0) is 24.4 Å². The molecule has 0 aliphatic heterocycles. The zero-order valence-corrected chi connectivity index (χ0v) is 18.1. The van der Waals surface area contributed by atoms with E-state index in [2.05, 4.69) is 16.0 Å². The van der Waals surface area contributed by atoms with Gasteiger partial charge >= 0.3 is 0 Å². The number of nitrogens with one attached hydrogen (secondary N) is 3. The molecule has 0 saturated heterocycles. The number of carbonyl (C=O) groups is 3. The predicted octanol–water partition coefficient (Wildman–Crippen LogP) is -0.959. The highest BCUT2D eigenvalue weighted by molar-refractivity contribution is 7.09. The van der Waals surface area contributed by atoms with Crippen LogP contribution in [0.2, 0.25) is 0 Å². The van der Waals surface area contributed by atoms with Crippen LogP contribution < -0.4 is 21.7 Å². The Hall–Kier alpha value is -2.27. The molecule has 166 valence electrons. The Bertz CT molecular complexity index is 780. The normalized spacial score (nSPS) is 23.4. The number of rotatable bonds is 9. The van der Waals surface area contributed by atoms with Gasteiger partial charge in [-0.1, -0.05) is 26.0 Å². The van der Waals surface area contributed by atoms with Crippen LogP contribution in [0, 0.1) is 5.92 Å². The Kier molecular flexibility index (Phi) is 8.54. The molecular weight excluding hydrogens is 408 g/mol. The number of primary amides is 1. The van der Waals surface area contributed by atoms with E-state index in [4.69, 9.17) is 5.73 Å². The van der Waals surface area contributed by atoms with E-state index in [0.29, 0.717) is 0 Å². The highest BCUT2D eigenvalue weighted by Gasteiger charge is 2.35. The Morgan fingerprint density at radius 3 is 2.53 bits per heavy atom. The molecular formula is C20H30N4O5S. The minimum atomic E-state index is -1.26. The van der Waals surface area contributed by atoms with Crippen molar-refractivity contribution in [2.75, 3.05) is 7.05 Å². The van der Waals surface area contributed by atoms with E-state index in [0.717, 1.165) is 4.88 Å². The van der Waals surface area contributed by atoms with E-state index in [1.807, 2.05) is 31.4 Å². The van der Waals surface area contributed by atoms with Crippen LogP contribution in [-0.2, 0) is 20.8 Å². The molecule has 7 N–H and O–H groups in total. The maximum atomic E-state index is 12.7. The fraction of sp³-hybridized carbons (Fsp3) is 0.550. The lowest BCUT2D eigenvalue weighted by Gasteiger charge is -2.32. The topological polar surface area (TPSA) is 154 Å². The number of hydrogen-bond donors (Lipinski definition) is 6. The number of carbonyl (C=O) groups excluding carboxylic acids is 3. The molecule has 0 saturated carbocycles. The molecule has 10 heteroatoms. The molecule has 2 rings (SSSR count). The van der Waals surface area contributed by atoms with Crippen molar-refractivity contribution in [3.63, 3.8) is 0 Å². The van der Waals surface area contributed by atoms with Gasteiger partial charge in [0.15, 0.2) is 0 Å². The molecule has 5 atom stereocenters. The first-order chi connectivity index (χ1) is 14.1. The summed E-state index contributed by atoms with van der Waals surface area (Å²) in [6.45, 7) is 3.75. The van der Waals surface area contributed by atoms with Gasteiger partial charge in [-0.3, -0.25) is 14.4 Å². The third-order valence-corrected chi connectivity index (χ3v) is 5.97. The summed E-state index contributed by atoms with van der Waals surface area (Å²) in [6.07, 6.45) is -0.925. The number of likely N-dealkylation sites (N-methyl/N-ethyl adjacent to an activating group) is 1. The average Bonchev–Trinajstić information content (AvgIpc) is 3.17. The smallest absolute Gasteiger partial charge is 0.247 e. The van der Waals surface area contributed by atoms with E-state index in [-0.39, 0.29) is 30.2 Å². The van der Waals surface area contributed by atoms with E-state index in [9.17, 15) is 24.6 Å². The monoisotopic (exact) mass is 438 g/mol. The third-order valence-electron chi connectivity index (χ3n) is 5.07. The maximum Gasteiger partial charge on any atom is 0.247 e. The fourth-order valence-corrected chi connectivity index (χ4v) is 4.14. The largest absolute Gasteiger partial charge is 0.390 e. The van der Waals surface area contributed by atoms with Gasteiger partial charge in [-0.25, -0.2) is 0 Å². The van der Waals surface area contributed by atoms with E-state index < -0.39 is 42.1 Å². The molecule has 1 aliphatic carbocycles. The Balaban J connectivity index is 2.13. The minimum Gasteiger partial charge on any atom is -0.390 e. The first-order valence-corrected chi connectivity index (χ1v) is 10.7. The average molecular weight is 439 g/mol. The lowest BCUT2D eigenvalue weighted by molar-refractivity contribution is -0.127. The summed E-state index contributed by atoms with van der Waals surface area (Å²) in [4.78, 5) is 37.9. The standard InChI is InChI=1S/C20H30N4O5S/c1-10(2)16(22-3)20(29)23-13-7-11(8-15(25)17(13)26)19(28)24-14(18(21)27)9-12-5-4-6-30-12/h4-7,10,13-17,22,25-26H,8-9H2,1-3H3,(H2,21,27)(H,23,29)(H,24,28)/t13-,14-,15+,16-,17+/m0/s1. The molecule has 0 aromatic carbocycles. The summed E-state index contributed by atoms with van der Waals surface area (Å²) in [6, 6.07) is 1.33. The molecule has 0 bridgehead atoms. The molecule has 9 nitrogen and oxygen atoms in total. The number of aliphatic hydroxyl groups excluding tert-OH is 2. The summed E-state index contributed by atoms with van der Waals surface area (Å²) >= 11 is 1.45. The Labute approximate surface area is 179 Å². The molecule has 0 unspecified atom stereocenters. The molecule has 0 spiro atoms. The zero-order chi connectivity index (χ0) is 22.4. The summed E-state index contributed by atoms with van der Waals surface area (Å²) in [5.74, 6) is -1.60. The van der Waals surface area contributed by atoms with Crippen LogP contribution in [0.25, 0.3) is 0 Å². The number of thiophene rings is 1. The highest BCUT2D eigenvalue weighted by Crippen LogP contribution is 2.21. The van der Waals surface area contributed by atoms with E-state index in [1.165, 1.54) is 17.4 Å². The fourth-order valence-electron chi connectivity index (χ4n) is 3.39. The van der Waals surface area contributed by atoms with Crippen LogP contribution in [0.15, 0.2) is 29.2 Å². The van der Waals surface area contributed by atoms with Gasteiger partial charge in [0, 0.05) is 23.3 Å². The van der Waals surface area contributed by atoms with Crippen molar-refractivity contribution in [1.29, 1.82) is 0 Å². The van der Waals surface area contributed by atoms with Gasteiger partial charge in [0.2, 0.25) is 17.7 Å². The van der Waals surface area contributed by atoms with Gasteiger partial charge < -0.3 is 31.9 Å². The first-order valence-electron chi connectivity index (χ1n) is 9.81. The molecule has 30 heavy (non-hydrogen) atoms. The van der Waals surface area contributed by atoms with Gasteiger partial charge in [0.05, 0.1) is 18.2 Å². The van der Waals surface area contributed by atoms with Crippen molar-refractivity contribution in [3.8, 4) is 0 Å². The molecule has 0 radical (unpaired) electrons.